The van der Waals surface area contributed by atoms with Crippen molar-refractivity contribution in [3.8, 4) is 0 Å². The summed E-state index contributed by atoms with van der Waals surface area (Å²) in [6.45, 7) is 3.00. The number of piperidine rings is 1. The molecule has 1 heterocycles. The summed E-state index contributed by atoms with van der Waals surface area (Å²) in [5.74, 6) is -0.168. The van der Waals surface area contributed by atoms with Gasteiger partial charge in [0.1, 0.15) is 5.82 Å². The Hall–Kier alpha value is -0.350. The Balaban J connectivity index is 0.00000128. The van der Waals surface area contributed by atoms with E-state index in [-0.39, 0.29) is 30.6 Å². The van der Waals surface area contributed by atoms with Crippen molar-refractivity contribution in [3.05, 3.63) is 35.6 Å². The van der Waals surface area contributed by atoms with E-state index in [2.05, 4.69) is 10.6 Å². The van der Waals surface area contributed by atoms with Gasteiger partial charge in [0.2, 0.25) is 0 Å². The molecule has 0 amide bonds. The zero-order valence-electron chi connectivity index (χ0n) is 9.62. The zero-order chi connectivity index (χ0) is 10.5. The Morgan fingerprint density at radius 3 is 2.53 bits per heavy atom. The number of benzene rings is 1. The van der Waals surface area contributed by atoms with Crippen LogP contribution in [0.4, 0.5) is 4.39 Å². The molecule has 1 fully saturated rings. The minimum absolute atomic E-state index is 0. The van der Waals surface area contributed by atoms with E-state index < -0.39 is 0 Å². The fraction of sp³-hybridized carbons (Fsp3) is 0.500. The van der Waals surface area contributed by atoms with Gasteiger partial charge in [-0.25, -0.2) is 4.39 Å². The molecule has 1 aliphatic heterocycles. The predicted octanol–water partition coefficient (Wildman–Crippen LogP) is 2.51. The summed E-state index contributed by atoms with van der Waals surface area (Å²) in [7, 11) is 0. The first-order valence-electron chi connectivity index (χ1n) is 5.53. The molecule has 0 spiro atoms. The van der Waals surface area contributed by atoms with Gasteiger partial charge in [0.15, 0.2) is 0 Å². The van der Waals surface area contributed by atoms with E-state index in [9.17, 15) is 4.39 Å². The highest BCUT2D eigenvalue weighted by molar-refractivity contribution is 5.85. The number of nitrogens with one attached hydrogen (secondary N) is 2. The topological polar surface area (TPSA) is 24.1 Å². The summed E-state index contributed by atoms with van der Waals surface area (Å²) in [6, 6.07) is 7.24. The van der Waals surface area contributed by atoms with Gasteiger partial charge < -0.3 is 10.6 Å². The molecule has 2 nitrogen and oxygen atoms in total. The molecule has 1 aromatic rings. The molecule has 0 aromatic heterocycles. The maximum atomic E-state index is 12.7. The third-order valence-corrected chi connectivity index (χ3v) is 2.80. The summed E-state index contributed by atoms with van der Waals surface area (Å²) in [5.41, 5.74) is 1.14. The Kier molecular flexibility index (Phi) is 8.52. The Morgan fingerprint density at radius 1 is 1.24 bits per heavy atom. The van der Waals surface area contributed by atoms with Gasteiger partial charge in [-0.2, -0.15) is 0 Å². The average molecular weight is 281 g/mol. The second-order valence-electron chi connectivity index (χ2n) is 4.05. The van der Waals surface area contributed by atoms with Crippen molar-refractivity contribution in [1.29, 1.82) is 0 Å². The zero-order valence-corrected chi connectivity index (χ0v) is 11.2. The summed E-state index contributed by atoms with van der Waals surface area (Å²) >= 11 is 0. The first-order valence-corrected chi connectivity index (χ1v) is 5.53. The van der Waals surface area contributed by atoms with E-state index in [4.69, 9.17) is 0 Å². The van der Waals surface area contributed by atoms with Crippen LogP contribution in [-0.2, 0) is 6.54 Å². The SMILES string of the molecule is Cl.Cl.Fc1ccc(CN[C@@H]2CCCNC2)cc1. The highest BCUT2D eigenvalue weighted by Crippen LogP contribution is 2.05. The molecule has 2 rings (SSSR count). The molecular weight excluding hydrogens is 262 g/mol. The van der Waals surface area contributed by atoms with Crippen molar-refractivity contribution in [3.63, 3.8) is 0 Å². The van der Waals surface area contributed by atoms with E-state index in [1.807, 2.05) is 12.1 Å². The van der Waals surface area contributed by atoms with Crippen LogP contribution in [0.15, 0.2) is 24.3 Å². The van der Waals surface area contributed by atoms with Crippen LogP contribution >= 0.6 is 24.8 Å². The Morgan fingerprint density at radius 2 is 1.94 bits per heavy atom. The average Bonchev–Trinajstić information content (AvgIpc) is 2.30. The predicted molar refractivity (Wildman–Crippen MR) is 73.6 cm³/mol. The van der Waals surface area contributed by atoms with E-state index in [1.165, 1.54) is 25.0 Å². The van der Waals surface area contributed by atoms with Crippen molar-refractivity contribution in [2.75, 3.05) is 13.1 Å². The van der Waals surface area contributed by atoms with Crippen LogP contribution in [0.2, 0.25) is 0 Å². The van der Waals surface area contributed by atoms with E-state index in [0.717, 1.165) is 25.2 Å². The Labute approximate surface area is 114 Å². The maximum Gasteiger partial charge on any atom is 0.123 e. The van der Waals surface area contributed by atoms with Crippen molar-refractivity contribution < 1.29 is 4.39 Å². The van der Waals surface area contributed by atoms with Crippen molar-refractivity contribution in [2.24, 2.45) is 0 Å². The summed E-state index contributed by atoms with van der Waals surface area (Å²) in [4.78, 5) is 0. The van der Waals surface area contributed by atoms with Gasteiger partial charge >= 0.3 is 0 Å². The third-order valence-electron chi connectivity index (χ3n) is 2.80. The molecule has 17 heavy (non-hydrogen) atoms. The first-order chi connectivity index (χ1) is 7.34. The van der Waals surface area contributed by atoms with Crippen LogP contribution in [-0.4, -0.2) is 19.1 Å². The van der Waals surface area contributed by atoms with Crippen molar-refractivity contribution in [2.45, 2.75) is 25.4 Å². The van der Waals surface area contributed by atoms with Crippen LogP contribution in [0, 0.1) is 5.82 Å². The van der Waals surface area contributed by atoms with Gasteiger partial charge in [-0.1, -0.05) is 12.1 Å². The molecule has 1 aromatic carbocycles. The number of hydrogen-bond donors (Lipinski definition) is 2. The lowest BCUT2D eigenvalue weighted by Gasteiger charge is -2.23. The van der Waals surface area contributed by atoms with Gasteiger partial charge in [-0.05, 0) is 37.1 Å². The summed E-state index contributed by atoms with van der Waals surface area (Å²) < 4.78 is 12.7. The first kappa shape index (κ1) is 16.6. The van der Waals surface area contributed by atoms with Crippen molar-refractivity contribution in [1.82, 2.24) is 10.6 Å². The minimum Gasteiger partial charge on any atom is -0.315 e. The lowest BCUT2D eigenvalue weighted by molar-refractivity contribution is 0.389. The largest absolute Gasteiger partial charge is 0.315 e. The molecule has 2 N–H and O–H groups in total. The van der Waals surface area contributed by atoms with Gasteiger partial charge in [-0.15, -0.1) is 24.8 Å². The van der Waals surface area contributed by atoms with E-state index >= 15 is 0 Å². The maximum absolute atomic E-state index is 12.7. The van der Waals surface area contributed by atoms with Crippen LogP contribution < -0.4 is 10.6 Å². The van der Waals surface area contributed by atoms with Crippen LogP contribution in [0.3, 0.4) is 0 Å². The van der Waals surface area contributed by atoms with Gasteiger partial charge in [0.25, 0.3) is 0 Å². The highest BCUT2D eigenvalue weighted by Gasteiger charge is 2.11. The smallest absolute Gasteiger partial charge is 0.123 e. The Bertz CT molecular complexity index is 300. The van der Waals surface area contributed by atoms with Gasteiger partial charge in [-0.3, -0.25) is 0 Å². The molecule has 1 saturated heterocycles. The van der Waals surface area contributed by atoms with Crippen molar-refractivity contribution >= 4 is 24.8 Å². The quantitative estimate of drug-likeness (QED) is 0.889. The molecule has 98 valence electrons. The molecule has 1 atom stereocenters. The number of hydrogen-bond acceptors (Lipinski definition) is 2. The molecule has 0 aliphatic carbocycles. The molecular formula is C12H19Cl2FN2. The molecule has 0 unspecified atom stereocenters. The normalized spacial score (nSPS) is 19.0. The lowest BCUT2D eigenvalue weighted by Crippen LogP contribution is -2.42. The molecule has 0 saturated carbocycles. The molecule has 0 bridgehead atoms. The monoisotopic (exact) mass is 280 g/mol. The molecule has 5 heteroatoms. The highest BCUT2D eigenvalue weighted by atomic mass is 35.5. The van der Waals surface area contributed by atoms with E-state index in [1.54, 1.807) is 0 Å². The molecule has 1 aliphatic rings. The summed E-state index contributed by atoms with van der Waals surface area (Å²) in [6.07, 6.45) is 2.47. The number of rotatable bonds is 3. The second-order valence-corrected chi connectivity index (χ2v) is 4.05. The van der Waals surface area contributed by atoms with E-state index in [0.29, 0.717) is 6.04 Å². The fourth-order valence-corrected chi connectivity index (χ4v) is 1.89. The third kappa shape index (κ3) is 5.68. The van der Waals surface area contributed by atoms with Crippen LogP contribution in [0.5, 0.6) is 0 Å². The summed E-state index contributed by atoms with van der Waals surface area (Å²) in [5, 5.41) is 6.83. The van der Waals surface area contributed by atoms with Gasteiger partial charge in [0.05, 0.1) is 0 Å². The molecule has 0 radical (unpaired) electrons. The van der Waals surface area contributed by atoms with Crippen LogP contribution in [0.1, 0.15) is 18.4 Å². The fourth-order valence-electron chi connectivity index (χ4n) is 1.89. The van der Waals surface area contributed by atoms with Gasteiger partial charge in [0, 0.05) is 19.1 Å². The second kappa shape index (κ2) is 8.70. The standard InChI is InChI=1S/C12H17FN2.2ClH/c13-11-5-3-10(4-6-11)8-15-12-2-1-7-14-9-12;;/h3-6,12,14-15H,1-2,7-9H2;2*1H/t12-;;/m1../s1. The van der Waals surface area contributed by atoms with Crippen LogP contribution in [0.25, 0.3) is 0 Å². The lowest BCUT2D eigenvalue weighted by atomic mass is 10.1. The minimum atomic E-state index is -0.168. The number of halogens is 3.